The van der Waals surface area contributed by atoms with Crippen molar-refractivity contribution in [1.29, 1.82) is 0 Å². The van der Waals surface area contributed by atoms with Crippen molar-refractivity contribution in [3.63, 3.8) is 0 Å². The normalized spacial score (nSPS) is 21.2. The molecule has 0 aliphatic heterocycles. The van der Waals surface area contributed by atoms with Gasteiger partial charge in [0.15, 0.2) is 0 Å². The lowest BCUT2D eigenvalue weighted by molar-refractivity contribution is 0.216. The zero-order valence-electron chi connectivity index (χ0n) is 13.3. The lowest BCUT2D eigenvalue weighted by Crippen LogP contribution is -2.39. The van der Waals surface area contributed by atoms with Gasteiger partial charge in [-0.3, -0.25) is 4.57 Å². The van der Waals surface area contributed by atoms with E-state index in [-0.39, 0.29) is 0 Å². The third-order valence-corrected chi connectivity index (χ3v) is 4.67. The lowest BCUT2D eigenvalue weighted by Gasteiger charge is -2.39. The quantitative estimate of drug-likeness (QED) is 0.894. The van der Waals surface area contributed by atoms with Crippen molar-refractivity contribution in [3.05, 3.63) is 42.2 Å². The molecule has 1 unspecified atom stereocenters. The molecule has 1 saturated carbocycles. The first-order valence-corrected chi connectivity index (χ1v) is 7.94. The first kappa shape index (κ1) is 14.2. The number of aromatic nitrogens is 2. The Kier molecular flexibility index (Phi) is 3.75. The van der Waals surface area contributed by atoms with Gasteiger partial charge in [0.05, 0.1) is 5.69 Å². The second-order valence-corrected chi connectivity index (χ2v) is 6.84. The number of nitrogens with zero attached hydrogens (tertiary/aromatic N) is 2. The van der Waals surface area contributed by atoms with E-state index in [1.54, 1.807) is 0 Å². The molecule has 0 bridgehead atoms. The van der Waals surface area contributed by atoms with E-state index in [9.17, 15) is 0 Å². The third-order valence-electron chi connectivity index (χ3n) is 4.67. The van der Waals surface area contributed by atoms with Gasteiger partial charge in [0.1, 0.15) is 0 Å². The average Bonchev–Trinajstić information content (AvgIpc) is 2.83. The number of anilines is 1. The van der Waals surface area contributed by atoms with Gasteiger partial charge in [0, 0.05) is 17.9 Å². The highest BCUT2D eigenvalue weighted by molar-refractivity contribution is 5.43. The van der Waals surface area contributed by atoms with Crippen molar-refractivity contribution in [2.75, 3.05) is 5.32 Å². The molecular weight excluding hydrogens is 258 g/mol. The number of hydrogen-bond acceptors (Lipinski definition) is 2. The Hall–Kier alpha value is -1.77. The molecule has 21 heavy (non-hydrogen) atoms. The van der Waals surface area contributed by atoms with Crippen LogP contribution in [0.5, 0.6) is 0 Å². The van der Waals surface area contributed by atoms with Gasteiger partial charge in [-0.1, -0.05) is 44.9 Å². The summed E-state index contributed by atoms with van der Waals surface area (Å²) in [5.41, 5.74) is 2.55. The maximum absolute atomic E-state index is 4.70. The topological polar surface area (TPSA) is 29.9 Å². The molecule has 1 aliphatic rings. The summed E-state index contributed by atoms with van der Waals surface area (Å²) >= 11 is 0. The standard InChI is InChI=1S/C18H25N3/c1-14-13-21(15-9-5-4-6-10-15)17(19-14)20-16-11-7-8-12-18(16,2)3/h4-6,9-10,13,16H,7-8,11-12H2,1-3H3,(H,19,20). The Morgan fingerprint density at radius 2 is 1.95 bits per heavy atom. The number of benzene rings is 1. The largest absolute Gasteiger partial charge is 0.352 e. The molecule has 2 aromatic rings. The van der Waals surface area contributed by atoms with Gasteiger partial charge in [-0.25, -0.2) is 4.98 Å². The number of nitrogens with one attached hydrogen (secondary N) is 1. The fourth-order valence-electron chi connectivity index (χ4n) is 3.30. The van der Waals surface area contributed by atoms with E-state index < -0.39 is 0 Å². The third kappa shape index (κ3) is 2.97. The molecule has 1 fully saturated rings. The summed E-state index contributed by atoms with van der Waals surface area (Å²) in [6.45, 7) is 6.79. The molecule has 3 heteroatoms. The van der Waals surface area contributed by atoms with Crippen molar-refractivity contribution < 1.29 is 0 Å². The molecule has 3 rings (SSSR count). The van der Waals surface area contributed by atoms with Crippen molar-refractivity contribution >= 4 is 5.95 Å². The predicted molar refractivity (Wildman–Crippen MR) is 88.0 cm³/mol. The minimum atomic E-state index is 0.333. The van der Waals surface area contributed by atoms with Crippen molar-refractivity contribution in [2.24, 2.45) is 5.41 Å². The van der Waals surface area contributed by atoms with Crippen LogP contribution in [0.4, 0.5) is 5.95 Å². The zero-order chi connectivity index (χ0) is 14.9. The maximum atomic E-state index is 4.70. The summed E-state index contributed by atoms with van der Waals surface area (Å²) in [7, 11) is 0. The van der Waals surface area contributed by atoms with Crippen LogP contribution in [0.3, 0.4) is 0 Å². The molecule has 1 N–H and O–H groups in total. The maximum Gasteiger partial charge on any atom is 0.207 e. The summed E-state index contributed by atoms with van der Waals surface area (Å²) < 4.78 is 2.17. The van der Waals surface area contributed by atoms with Gasteiger partial charge < -0.3 is 5.32 Å². The fraction of sp³-hybridized carbons (Fsp3) is 0.500. The monoisotopic (exact) mass is 283 g/mol. The number of imidazole rings is 1. The highest BCUT2D eigenvalue weighted by Crippen LogP contribution is 2.37. The second-order valence-electron chi connectivity index (χ2n) is 6.84. The summed E-state index contributed by atoms with van der Waals surface area (Å²) in [6.07, 6.45) is 7.28. The van der Waals surface area contributed by atoms with E-state index in [1.165, 1.54) is 25.7 Å². The van der Waals surface area contributed by atoms with Gasteiger partial charge in [-0.15, -0.1) is 0 Å². The molecule has 0 amide bonds. The van der Waals surface area contributed by atoms with Crippen LogP contribution in [0.25, 0.3) is 5.69 Å². The molecule has 0 spiro atoms. The Morgan fingerprint density at radius 3 is 2.67 bits per heavy atom. The number of para-hydroxylation sites is 1. The van der Waals surface area contributed by atoms with Crippen LogP contribution in [-0.2, 0) is 0 Å². The van der Waals surface area contributed by atoms with E-state index in [0.29, 0.717) is 11.5 Å². The Labute approximate surface area is 127 Å². The van der Waals surface area contributed by atoms with E-state index in [1.807, 2.05) is 6.07 Å². The molecule has 112 valence electrons. The average molecular weight is 283 g/mol. The van der Waals surface area contributed by atoms with E-state index >= 15 is 0 Å². The number of rotatable bonds is 3. The summed E-state index contributed by atoms with van der Waals surface area (Å²) in [5, 5.41) is 3.71. The molecule has 1 heterocycles. The highest BCUT2D eigenvalue weighted by Gasteiger charge is 2.32. The van der Waals surface area contributed by atoms with Crippen LogP contribution in [0.2, 0.25) is 0 Å². The molecule has 1 aliphatic carbocycles. The van der Waals surface area contributed by atoms with Crippen molar-refractivity contribution in [1.82, 2.24) is 9.55 Å². The Morgan fingerprint density at radius 1 is 1.19 bits per heavy atom. The smallest absolute Gasteiger partial charge is 0.207 e. The Bertz CT molecular complexity index is 598. The minimum absolute atomic E-state index is 0.333. The molecular formula is C18H25N3. The first-order valence-electron chi connectivity index (χ1n) is 7.94. The Balaban J connectivity index is 1.89. The number of hydrogen-bond donors (Lipinski definition) is 1. The molecule has 1 atom stereocenters. The van der Waals surface area contributed by atoms with E-state index in [2.05, 4.69) is 61.1 Å². The van der Waals surface area contributed by atoms with Crippen molar-refractivity contribution in [3.8, 4) is 5.69 Å². The molecule has 1 aromatic carbocycles. The second kappa shape index (κ2) is 5.55. The van der Waals surface area contributed by atoms with Gasteiger partial charge in [0.2, 0.25) is 5.95 Å². The minimum Gasteiger partial charge on any atom is -0.352 e. The zero-order valence-corrected chi connectivity index (χ0v) is 13.3. The summed E-state index contributed by atoms with van der Waals surface area (Å²) in [5.74, 6) is 0.971. The van der Waals surface area contributed by atoms with Gasteiger partial charge in [-0.05, 0) is 37.3 Å². The van der Waals surface area contributed by atoms with Gasteiger partial charge >= 0.3 is 0 Å². The lowest BCUT2D eigenvalue weighted by atomic mass is 9.73. The molecule has 3 nitrogen and oxygen atoms in total. The van der Waals surface area contributed by atoms with Gasteiger partial charge in [0.25, 0.3) is 0 Å². The van der Waals surface area contributed by atoms with Crippen LogP contribution >= 0.6 is 0 Å². The SMILES string of the molecule is Cc1cn(-c2ccccc2)c(NC2CCCCC2(C)C)n1. The van der Waals surface area contributed by atoms with Gasteiger partial charge in [-0.2, -0.15) is 0 Å². The van der Waals surface area contributed by atoms with Crippen LogP contribution in [-0.4, -0.2) is 15.6 Å². The van der Waals surface area contributed by atoms with Crippen LogP contribution < -0.4 is 5.32 Å². The fourth-order valence-corrected chi connectivity index (χ4v) is 3.30. The molecule has 0 radical (unpaired) electrons. The first-order chi connectivity index (χ1) is 10.1. The van der Waals surface area contributed by atoms with E-state index in [0.717, 1.165) is 17.3 Å². The van der Waals surface area contributed by atoms with Crippen LogP contribution in [0.1, 0.15) is 45.2 Å². The predicted octanol–water partition coefficient (Wildman–Crippen LogP) is 4.56. The van der Waals surface area contributed by atoms with Crippen LogP contribution in [0, 0.1) is 12.3 Å². The summed E-state index contributed by atoms with van der Waals surface area (Å²) in [4.78, 5) is 4.70. The number of aryl methyl sites for hydroxylation is 1. The summed E-state index contributed by atoms with van der Waals surface area (Å²) in [6, 6.07) is 10.9. The van der Waals surface area contributed by atoms with E-state index in [4.69, 9.17) is 4.98 Å². The molecule has 1 aromatic heterocycles. The molecule has 0 saturated heterocycles. The highest BCUT2D eigenvalue weighted by atomic mass is 15.2. The van der Waals surface area contributed by atoms with Crippen LogP contribution in [0.15, 0.2) is 36.5 Å². The van der Waals surface area contributed by atoms with Crippen molar-refractivity contribution in [2.45, 2.75) is 52.5 Å².